The van der Waals surface area contributed by atoms with Gasteiger partial charge in [0, 0.05) is 18.7 Å². The van der Waals surface area contributed by atoms with Crippen molar-refractivity contribution in [1.29, 1.82) is 0 Å². The molecular formula is C19H20ClFN2O3. The number of amides is 1. The number of nitrogens with one attached hydrogen (secondary N) is 1. The summed E-state index contributed by atoms with van der Waals surface area (Å²) in [5.74, 6) is 0.685. The number of benzene rings is 2. The molecule has 3 rings (SSSR count). The third-order valence-corrected chi connectivity index (χ3v) is 4.14. The number of rotatable bonds is 5. The van der Waals surface area contributed by atoms with Gasteiger partial charge in [-0.1, -0.05) is 11.6 Å². The molecule has 0 atom stereocenters. The highest BCUT2D eigenvalue weighted by Gasteiger charge is 2.17. The van der Waals surface area contributed by atoms with Crippen LogP contribution in [0.25, 0.3) is 0 Å². The summed E-state index contributed by atoms with van der Waals surface area (Å²) in [5.41, 5.74) is 1.49. The Labute approximate surface area is 156 Å². The maximum atomic E-state index is 12.9. The third-order valence-electron chi connectivity index (χ3n) is 3.86. The van der Waals surface area contributed by atoms with E-state index >= 15 is 0 Å². The van der Waals surface area contributed by atoms with E-state index in [4.69, 9.17) is 21.1 Å². The molecule has 1 amide bonds. The number of hydrogen-bond donors (Lipinski definition) is 1. The van der Waals surface area contributed by atoms with Gasteiger partial charge in [0.1, 0.15) is 5.82 Å². The highest BCUT2D eigenvalue weighted by molar-refractivity contribution is 6.32. The van der Waals surface area contributed by atoms with Crippen LogP contribution in [0, 0.1) is 5.82 Å². The maximum absolute atomic E-state index is 12.9. The normalized spacial score (nSPS) is 13.4. The summed E-state index contributed by atoms with van der Waals surface area (Å²) >= 11 is 6.30. The Hall–Kier alpha value is -2.31. The first kappa shape index (κ1) is 18.5. The number of likely N-dealkylation sites (N-methyl/N-ethyl adjacent to an activating group) is 1. The van der Waals surface area contributed by atoms with Crippen molar-refractivity contribution in [3.8, 4) is 11.5 Å². The summed E-state index contributed by atoms with van der Waals surface area (Å²) in [7, 11) is 1.83. The van der Waals surface area contributed by atoms with Gasteiger partial charge in [-0.3, -0.25) is 9.69 Å². The largest absolute Gasteiger partial charge is 0.489 e. The summed E-state index contributed by atoms with van der Waals surface area (Å²) < 4.78 is 24.2. The molecule has 1 N–H and O–H groups in total. The molecule has 5 nitrogen and oxygen atoms in total. The van der Waals surface area contributed by atoms with Gasteiger partial charge in [-0.05, 0) is 49.0 Å². The van der Waals surface area contributed by atoms with Gasteiger partial charge in [0.05, 0.1) is 24.8 Å². The number of fused-ring (bicyclic) bond motifs is 1. The van der Waals surface area contributed by atoms with Crippen molar-refractivity contribution < 1.29 is 18.7 Å². The van der Waals surface area contributed by atoms with Crippen LogP contribution in [-0.2, 0) is 11.3 Å². The second-order valence-electron chi connectivity index (χ2n) is 6.18. The van der Waals surface area contributed by atoms with Crippen LogP contribution >= 0.6 is 11.6 Å². The molecule has 7 heteroatoms. The van der Waals surface area contributed by atoms with Crippen molar-refractivity contribution in [3.63, 3.8) is 0 Å². The zero-order valence-corrected chi connectivity index (χ0v) is 15.2. The zero-order valence-electron chi connectivity index (χ0n) is 14.4. The Morgan fingerprint density at radius 3 is 2.73 bits per heavy atom. The van der Waals surface area contributed by atoms with Crippen molar-refractivity contribution in [3.05, 3.63) is 52.8 Å². The first-order chi connectivity index (χ1) is 12.5. The molecule has 2 aromatic carbocycles. The summed E-state index contributed by atoms with van der Waals surface area (Å²) in [6.45, 7) is 1.87. The van der Waals surface area contributed by atoms with Crippen LogP contribution < -0.4 is 14.8 Å². The lowest BCUT2D eigenvalue weighted by atomic mass is 10.2. The minimum Gasteiger partial charge on any atom is -0.489 e. The summed E-state index contributed by atoms with van der Waals surface area (Å²) in [6, 6.07) is 9.37. The lowest BCUT2D eigenvalue weighted by Gasteiger charge is -2.18. The molecule has 0 fully saturated rings. The molecule has 0 aliphatic carbocycles. The molecule has 1 aliphatic heterocycles. The van der Waals surface area contributed by atoms with Crippen molar-refractivity contribution in [2.75, 3.05) is 32.1 Å². The molecule has 1 aliphatic rings. The van der Waals surface area contributed by atoms with Gasteiger partial charge >= 0.3 is 0 Å². The van der Waals surface area contributed by atoms with E-state index in [2.05, 4.69) is 5.32 Å². The van der Waals surface area contributed by atoms with Gasteiger partial charge in [0.25, 0.3) is 0 Å². The lowest BCUT2D eigenvalue weighted by Crippen LogP contribution is -2.29. The predicted molar refractivity (Wildman–Crippen MR) is 98.4 cm³/mol. The number of ether oxygens (including phenoxy) is 2. The SMILES string of the molecule is CN(CC(=O)Nc1ccc(F)cc1)Cc1cc(Cl)c2c(c1)OCCCO2. The molecule has 0 bridgehead atoms. The fourth-order valence-electron chi connectivity index (χ4n) is 2.72. The smallest absolute Gasteiger partial charge is 0.238 e. The molecule has 138 valence electrons. The number of nitrogens with zero attached hydrogens (tertiary/aromatic N) is 1. The van der Waals surface area contributed by atoms with Crippen molar-refractivity contribution >= 4 is 23.2 Å². The third kappa shape index (κ3) is 4.86. The van der Waals surface area contributed by atoms with Crippen LogP contribution in [0.1, 0.15) is 12.0 Å². The van der Waals surface area contributed by atoms with E-state index in [0.29, 0.717) is 42.0 Å². The number of hydrogen-bond acceptors (Lipinski definition) is 4. The standard InChI is InChI=1S/C19H20ClFN2O3/c1-23(12-18(24)22-15-5-3-14(21)4-6-15)11-13-9-16(20)19-17(10-13)25-7-2-8-26-19/h3-6,9-10H,2,7-8,11-12H2,1H3,(H,22,24). The minimum absolute atomic E-state index is 0.181. The number of carbonyl (C=O) groups is 1. The second-order valence-corrected chi connectivity index (χ2v) is 6.59. The zero-order chi connectivity index (χ0) is 18.5. The second kappa shape index (κ2) is 8.38. The molecule has 1 heterocycles. The highest BCUT2D eigenvalue weighted by Crippen LogP contribution is 2.38. The highest BCUT2D eigenvalue weighted by atomic mass is 35.5. The van der Waals surface area contributed by atoms with Crippen molar-refractivity contribution in [2.24, 2.45) is 0 Å². The summed E-state index contributed by atoms with van der Waals surface area (Å²) in [4.78, 5) is 14.0. The molecule has 0 aromatic heterocycles. The van der Waals surface area contributed by atoms with Gasteiger partial charge in [0.2, 0.25) is 5.91 Å². The first-order valence-corrected chi connectivity index (χ1v) is 8.71. The Kier molecular flexibility index (Phi) is 5.96. The number of anilines is 1. The predicted octanol–water partition coefficient (Wildman–Crippen LogP) is 3.71. The average molecular weight is 379 g/mol. The molecule has 0 unspecified atom stereocenters. The van der Waals surface area contributed by atoms with E-state index in [9.17, 15) is 9.18 Å². The molecule has 26 heavy (non-hydrogen) atoms. The number of halogens is 2. The fourth-order valence-corrected chi connectivity index (χ4v) is 3.01. The van der Waals surface area contributed by atoms with Gasteiger partial charge in [-0.25, -0.2) is 4.39 Å². The van der Waals surface area contributed by atoms with Gasteiger partial charge in [-0.2, -0.15) is 0 Å². The monoisotopic (exact) mass is 378 g/mol. The van der Waals surface area contributed by atoms with E-state index < -0.39 is 0 Å². The Balaban J connectivity index is 1.60. The van der Waals surface area contributed by atoms with E-state index in [1.54, 1.807) is 0 Å². The topological polar surface area (TPSA) is 50.8 Å². The lowest BCUT2D eigenvalue weighted by molar-refractivity contribution is -0.117. The van der Waals surface area contributed by atoms with E-state index in [1.165, 1.54) is 24.3 Å². The van der Waals surface area contributed by atoms with Crippen LogP contribution in [0.5, 0.6) is 11.5 Å². The van der Waals surface area contributed by atoms with E-state index in [-0.39, 0.29) is 18.3 Å². The van der Waals surface area contributed by atoms with Gasteiger partial charge < -0.3 is 14.8 Å². The maximum Gasteiger partial charge on any atom is 0.238 e. The van der Waals surface area contributed by atoms with Crippen LogP contribution in [0.15, 0.2) is 36.4 Å². The summed E-state index contributed by atoms with van der Waals surface area (Å²) in [5, 5.41) is 3.24. The van der Waals surface area contributed by atoms with E-state index in [0.717, 1.165) is 12.0 Å². The summed E-state index contributed by atoms with van der Waals surface area (Å²) in [6.07, 6.45) is 0.809. The quantitative estimate of drug-likeness (QED) is 0.861. The first-order valence-electron chi connectivity index (χ1n) is 8.33. The average Bonchev–Trinajstić information content (AvgIpc) is 2.82. The Morgan fingerprint density at radius 2 is 1.96 bits per heavy atom. The molecule has 2 aromatic rings. The molecular weight excluding hydrogens is 359 g/mol. The fraction of sp³-hybridized carbons (Fsp3) is 0.316. The van der Waals surface area contributed by atoms with Gasteiger partial charge in [0.15, 0.2) is 11.5 Å². The van der Waals surface area contributed by atoms with E-state index in [1.807, 2.05) is 24.1 Å². The van der Waals surface area contributed by atoms with Crippen LogP contribution in [0.4, 0.5) is 10.1 Å². The van der Waals surface area contributed by atoms with Crippen LogP contribution in [0.3, 0.4) is 0 Å². The molecule has 0 saturated carbocycles. The van der Waals surface area contributed by atoms with Crippen molar-refractivity contribution in [2.45, 2.75) is 13.0 Å². The molecule has 0 radical (unpaired) electrons. The Morgan fingerprint density at radius 1 is 1.23 bits per heavy atom. The number of carbonyl (C=O) groups excluding carboxylic acids is 1. The van der Waals surface area contributed by atoms with Gasteiger partial charge in [-0.15, -0.1) is 0 Å². The van der Waals surface area contributed by atoms with Crippen LogP contribution in [-0.4, -0.2) is 37.6 Å². The Bertz CT molecular complexity index is 783. The molecule has 0 spiro atoms. The van der Waals surface area contributed by atoms with Crippen molar-refractivity contribution in [1.82, 2.24) is 4.90 Å². The van der Waals surface area contributed by atoms with Crippen LogP contribution in [0.2, 0.25) is 5.02 Å². The molecule has 0 saturated heterocycles. The minimum atomic E-state index is -0.341.